The van der Waals surface area contributed by atoms with Crippen LogP contribution in [0.1, 0.15) is 19.4 Å². The normalized spacial score (nSPS) is 10.0. The number of hydrogen-bond acceptors (Lipinski definition) is 4. The van der Waals surface area contributed by atoms with Crippen molar-refractivity contribution in [2.45, 2.75) is 20.4 Å². The number of rotatable bonds is 9. The molecule has 0 heterocycles. The summed E-state index contributed by atoms with van der Waals surface area (Å²) in [5.74, 6) is 1.50. The highest BCUT2D eigenvalue weighted by Gasteiger charge is 2.07. The van der Waals surface area contributed by atoms with Crippen LogP contribution in [0.3, 0.4) is 0 Å². The zero-order valence-corrected chi connectivity index (χ0v) is 15.9. The topological polar surface area (TPSA) is 86.1 Å². The van der Waals surface area contributed by atoms with Crippen molar-refractivity contribution >= 4 is 29.9 Å². The summed E-state index contributed by atoms with van der Waals surface area (Å²) in [6, 6.07) is 5.71. The van der Waals surface area contributed by atoms with E-state index in [0.717, 1.165) is 30.9 Å². The molecule has 0 fully saturated rings. The Labute approximate surface area is 149 Å². The Bertz CT molecular complexity index is 461. The molecule has 0 spiro atoms. The summed E-state index contributed by atoms with van der Waals surface area (Å²) in [4.78, 5) is 6.28. The van der Waals surface area contributed by atoms with E-state index >= 15 is 0 Å². The lowest BCUT2D eigenvalue weighted by Crippen LogP contribution is -2.27. The van der Waals surface area contributed by atoms with Crippen LogP contribution in [-0.2, 0) is 6.54 Å². The van der Waals surface area contributed by atoms with Gasteiger partial charge in [0, 0.05) is 6.54 Å². The number of nitrogens with zero attached hydrogens (tertiary/aromatic N) is 2. The minimum atomic E-state index is 0. The van der Waals surface area contributed by atoms with E-state index in [1.807, 2.05) is 18.2 Å². The summed E-state index contributed by atoms with van der Waals surface area (Å²) in [5.41, 5.74) is 11.6. The van der Waals surface area contributed by atoms with Crippen LogP contribution in [0.15, 0.2) is 23.2 Å². The predicted molar refractivity (Wildman–Crippen MR) is 101 cm³/mol. The molecule has 22 heavy (non-hydrogen) atoms. The summed E-state index contributed by atoms with van der Waals surface area (Å²) < 4.78 is 11.1. The quantitative estimate of drug-likeness (QED) is 0.360. The number of aliphatic imine (C=N–C) groups is 1. The van der Waals surface area contributed by atoms with E-state index in [9.17, 15) is 0 Å². The molecule has 0 unspecified atom stereocenters. The van der Waals surface area contributed by atoms with Crippen molar-refractivity contribution in [2.24, 2.45) is 16.5 Å². The van der Waals surface area contributed by atoms with E-state index in [0.29, 0.717) is 18.9 Å². The van der Waals surface area contributed by atoms with Gasteiger partial charge in [0.1, 0.15) is 6.61 Å². The van der Waals surface area contributed by atoms with Gasteiger partial charge >= 0.3 is 0 Å². The zero-order chi connectivity index (χ0) is 15.7. The molecule has 7 heteroatoms. The molecule has 126 valence electrons. The summed E-state index contributed by atoms with van der Waals surface area (Å²) in [6.45, 7) is 8.28. The molecule has 0 amide bonds. The van der Waals surface area contributed by atoms with E-state index < -0.39 is 0 Å². The van der Waals surface area contributed by atoms with E-state index in [1.165, 1.54) is 0 Å². The number of likely N-dealkylation sites (N-methyl/N-ethyl adjacent to an activating group) is 1. The van der Waals surface area contributed by atoms with Crippen LogP contribution in [0.25, 0.3) is 0 Å². The molecule has 1 aromatic carbocycles. The number of hydrogen-bond donors (Lipinski definition) is 2. The van der Waals surface area contributed by atoms with E-state index in [1.54, 1.807) is 7.11 Å². The first-order valence-electron chi connectivity index (χ1n) is 7.18. The molecule has 4 N–H and O–H groups in total. The van der Waals surface area contributed by atoms with Gasteiger partial charge in [0.2, 0.25) is 0 Å². The summed E-state index contributed by atoms with van der Waals surface area (Å²) in [6.07, 6.45) is 0. The highest BCUT2D eigenvalue weighted by Crippen LogP contribution is 2.28. The number of halogens is 1. The predicted octanol–water partition coefficient (Wildman–Crippen LogP) is 1.81. The average Bonchev–Trinajstić information content (AvgIpc) is 2.50. The third kappa shape index (κ3) is 7.17. The van der Waals surface area contributed by atoms with Crippen molar-refractivity contribution in [3.05, 3.63) is 23.8 Å². The molecule has 0 aliphatic heterocycles. The van der Waals surface area contributed by atoms with Gasteiger partial charge in [0.25, 0.3) is 0 Å². The number of benzene rings is 1. The van der Waals surface area contributed by atoms with Crippen LogP contribution in [0.2, 0.25) is 0 Å². The molecule has 0 aliphatic carbocycles. The van der Waals surface area contributed by atoms with Gasteiger partial charge in [-0.3, -0.25) is 0 Å². The van der Waals surface area contributed by atoms with Crippen LogP contribution in [-0.4, -0.2) is 44.2 Å². The Morgan fingerprint density at radius 1 is 1.18 bits per heavy atom. The number of methoxy groups -OCH3 is 1. The molecule has 1 aromatic rings. The Balaban J connectivity index is 0.00000441. The second-order valence-corrected chi connectivity index (χ2v) is 4.60. The third-order valence-corrected chi connectivity index (χ3v) is 3.23. The fraction of sp³-hybridized carbons (Fsp3) is 0.533. The molecule has 0 saturated heterocycles. The van der Waals surface area contributed by atoms with Crippen molar-refractivity contribution in [2.75, 3.05) is 33.4 Å². The second kappa shape index (κ2) is 11.4. The minimum Gasteiger partial charge on any atom is -0.493 e. The highest BCUT2D eigenvalue weighted by molar-refractivity contribution is 14.0. The van der Waals surface area contributed by atoms with Crippen LogP contribution in [0.5, 0.6) is 11.5 Å². The fourth-order valence-corrected chi connectivity index (χ4v) is 1.94. The molecule has 0 atom stereocenters. The molecule has 0 aromatic heterocycles. The largest absolute Gasteiger partial charge is 0.493 e. The van der Waals surface area contributed by atoms with E-state index in [2.05, 4.69) is 23.7 Å². The standard InChI is InChI=1S/C15H26N4O2.HI/c1-4-19(5-2)8-9-21-13-7-6-12(10-14(13)20-3)11-18-15(16)17;/h6-7,10H,4-5,8-9,11H2,1-3H3,(H4,16,17,18);1H. The second-order valence-electron chi connectivity index (χ2n) is 4.60. The highest BCUT2D eigenvalue weighted by atomic mass is 127. The number of ether oxygens (including phenoxy) is 2. The Kier molecular flexibility index (Phi) is 10.7. The molecule has 0 radical (unpaired) electrons. The van der Waals surface area contributed by atoms with Gasteiger partial charge in [-0.15, -0.1) is 24.0 Å². The summed E-state index contributed by atoms with van der Waals surface area (Å²) >= 11 is 0. The maximum Gasteiger partial charge on any atom is 0.186 e. The smallest absolute Gasteiger partial charge is 0.186 e. The first-order chi connectivity index (χ1) is 10.1. The molecule has 6 nitrogen and oxygen atoms in total. The number of guanidine groups is 1. The Morgan fingerprint density at radius 2 is 1.86 bits per heavy atom. The lowest BCUT2D eigenvalue weighted by Gasteiger charge is -2.18. The average molecular weight is 422 g/mol. The van der Waals surface area contributed by atoms with Crippen LogP contribution >= 0.6 is 24.0 Å². The van der Waals surface area contributed by atoms with Gasteiger partial charge in [-0.05, 0) is 30.8 Å². The van der Waals surface area contributed by atoms with Gasteiger partial charge in [0.05, 0.1) is 13.7 Å². The van der Waals surface area contributed by atoms with Crippen molar-refractivity contribution in [1.82, 2.24) is 4.90 Å². The lowest BCUT2D eigenvalue weighted by atomic mass is 10.2. The van der Waals surface area contributed by atoms with Crippen LogP contribution in [0, 0.1) is 0 Å². The molecule has 0 saturated carbocycles. The minimum absolute atomic E-state index is 0. The first-order valence-corrected chi connectivity index (χ1v) is 7.18. The third-order valence-electron chi connectivity index (χ3n) is 3.23. The van der Waals surface area contributed by atoms with Crippen LogP contribution < -0.4 is 20.9 Å². The van der Waals surface area contributed by atoms with E-state index in [4.69, 9.17) is 20.9 Å². The van der Waals surface area contributed by atoms with Crippen LogP contribution in [0.4, 0.5) is 0 Å². The molecule has 0 bridgehead atoms. The lowest BCUT2D eigenvalue weighted by molar-refractivity contribution is 0.217. The van der Waals surface area contributed by atoms with E-state index in [-0.39, 0.29) is 29.9 Å². The van der Waals surface area contributed by atoms with Gasteiger partial charge in [-0.1, -0.05) is 19.9 Å². The zero-order valence-electron chi connectivity index (χ0n) is 13.5. The molecule has 1 rings (SSSR count). The van der Waals surface area contributed by atoms with Crippen molar-refractivity contribution in [3.8, 4) is 11.5 Å². The van der Waals surface area contributed by atoms with Gasteiger partial charge in [0.15, 0.2) is 17.5 Å². The summed E-state index contributed by atoms with van der Waals surface area (Å²) in [5, 5.41) is 0. The SMILES string of the molecule is CCN(CC)CCOc1ccc(CN=C(N)N)cc1OC.I. The monoisotopic (exact) mass is 422 g/mol. The van der Waals surface area contributed by atoms with Crippen molar-refractivity contribution in [3.63, 3.8) is 0 Å². The Hall–Kier alpha value is -1.22. The summed E-state index contributed by atoms with van der Waals surface area (Å²) in [7, 11) is 1.62. The van der Waals surface area contributed by atoms with Crippen molar-refractivity contribution < 1.29 is 9.47 Å². The number of nitrogens with two attached hydrogens (primary N) is 2. The maximum absolute atomic E-state index is 5.79. The van der Waals surface area contributed by atoms with Gasteiger partial charge in [-0.25, -0.2) is 4.99 Å². The van der Waals surface area contributed by atoms with Crippen molar-refractivity contribution in [1.29, 1.82) is 0 Å². The maximum atomic E-state index is 5.79. The van der Waals surface area contributed by atoms with Gasteiger partial charge in [-0.2, -0.15) is 0 Å². The molecule has 0 aliphatic rings. The fourth-order valence-electron chi connectivity index (χ4n) is 1.94. The molecular formula is C15H27IN4O2. The van der Waals surface area contributed by atoms with Gasteiger partial charge < -0.3 is 25.8 Å². The molecular weight excluding hydrogens is 395 g/mol. The first kappa shape index (κ1) is 20.8. The Morgan fingerprint density at radius 3 is 2.41 bits per heavy atom.